The van der Waals surface area contributed by atoms with E-state index >= 15 is 0 Å². The van der Waals surface area contributed by atoms with Crippen LogP contribution in [0, 0.1) is 0 Å². The van der Waals surface area contributed by atoms with E-state index in [0.717, 1.165) is 13.1 Å². The molecular weight excluding hydrogens is 294 g/mol. The van der Waals surface area contributed by atoms with Gasteiger partial charge < -0.3 is 15.5 Å². The van der Waals surface area contributed by atoms with Crippen LogP contribution in [-0.4, -0.2) is 53.3 Å². The number of anilines is 1. The zero-order valence-corrected chi connectivity index (χ0v) is 13.0. The zero-order valence-electron chi connectivity index (χ0n) is 12.2. The van der Waals surface area contributed by atoms with E-state index in [9.17, 15) is 9.59 Å². The first-order valence-corrected chi connectivity index (χ1v) is 7.38. The quantitative estimate of drug-likeness (QED) is 0.837. The Kier molecular flexibility index (Phi) is 5.19. The normalized spacial score (nSPS) is 15.3. The van der Waals surface area contributed by atoms with Crippen LogP contribution in [0.25, 0.3) is 0 Å². The highest BCUT2D eigenvalue weighted by molar-refractivity contribution is 6.33. The van der Waals surface area contributed by atoms with Gasteiger partial charge >= 0.3 is 0 Å². The maximum absolute atomic E-state index is 12.0. The predicted molar refractivity (Wildman–Crippen MR) is 81.8 cm³/mol. The first kappa shape index (κ1) is 15.8. The Hall–Kier alpha value is -1.60. The van der Waals surface area contributed by atoms with Gasteiger partial charge in [0.1, 0.15) is 5.02 Å². The van der Waals surface area contributed by atoms with Crippen molar-refractivity contribution in [1.29, 1.82) is 0 Å². The second kappa shape index (κ2) is 6.91. The molecule has 0 radical (unpaired) electrons. The van der Waals surface area contributed by atoms with Crippen LogP contribution in [-0.2, 0) is 4.79 Å². The minimum absolute atomic E-state index is 0.0133. The van der Waals surface area contributed by atoms with Crippen molar-refractivity contribution in [3.63, 3.8) is 0 Å². The van der Waals surface area contributed by atoms with E-state index in [1.54, 1.807) is 4.90 Å². The first-order valence-electron chi connectivity index (χ1n) is 7.00. The van der Waals surface area contributed by atoms with Gasteiger partial charge in [0.05, 0.1) is 24.5 Å². The number of halogens is 1. The molecule has 0 saturated carbocycles. The van der Waals surface area contributed by atoms with Crippen molar-refractivity contribution in [2.24, 2.45) is 0 Å². The summed E-state index contributed by atoms with van der Waals surface area (Å²) in [5.41, 5.74) is 0.0355. The van der Waals surface area contributed by atoms with Crippen LogP contribution >= 0.6 is 11.6 Å². The van der Waals surface area contributed by atoms with Gasteiger partial charge in [0.15, 0.2) is 0 Å². The number of aromatic nitrogens is 2. The molecule has 8 heteroatoms. The van der Waals surface area contributed by atoms with Crippen LogP contribution in [0.5, 0.6) is 0 Å². The van der Waals surface area contributed by atoms with Gasteiger partial charge in [-0.05, 0) is 13.8 Å². The number of nitrogens with zero attached hydrogens (tertiary/aromatic N) is 3. The lowest BCUT2D eigenvalue weighted by molar-refractivity contribution is -0.129. The molecule has 21 heavy (non-hydrogen) atoms. The molecule has 2 N–H and O–H groups in total. The fourth-order valence-corrected chi connectivity index (χ4v) is 2.33. The van der Waals surface area contributed by atoms with Gasteiger partial charge in [-0.3, -0.25) is 9.59 Å². The molecule has 1 aromatic rings. The Bertz CT molecular complexity index is 566. The van der Waals surface area contributed by atoms with Gasteiger partial charge in [-0.25, -0.2) is 4.68 Å². The van der Waals surface area contributed by atoms with Crippen molar-refractivity contribution in [3.8, 4) is 0 Å². The summed E-state index contributed by atoms with van der Waals surface area (Å²) in [4.78, 5) is 25.8. The van der Waals surface area contributed by atoms with Crippen molar-refractivity contribution in [3.05, 3.63) is 21.6 Å². The topological polar surface area (TPSA) is 79.3 Å². The van der Waals surface area contributed by atoms with Crippen LogP contribution in [0.4, 0.5) is 5.69 Å². The van der Waals surface area contributed by atoms with Gasteiger partial charge in [-0.2, -0.15) is 5.10 Å². The van der Waals surface area contributed by atoms with Crippen molar-refractivity contribution in [2.45, 2.75) is 19.9 Å². The van der Waals surface area contributed by atoms with E-state index in [1.807, 2.05) is 13.8 Å². The minimum Gasteiger partial charge on any atom is -0.373 e. The molecule has 0 unspecified atom stereocenters. The summed E-state index contributed by atoms with van der Waals surface area (Å²) < 4.78 is 1.31. The highest BCUT2D eigenvalue weighted by Gasteiger charge is 2.17. The first-order chi connectivity index (χ1) is 10.0. The summed E-state index contributed by atoms with van der Waals surface area (Å²) in [6.07, 6.45) is 1.48. The molecule has 2 heterocycles. The Labute approximate surface area is 128 Å². The SMILES string of the molecule is CC(C)n1ncc(NCC(=O)N2CCNCC2)c(Cl)c1=O. The average molecular weight is 314 g/mol. The standard InChI is InChI=1S/C13H20ClN5O2/c1-9(2)19-13(21)12(14)10(7-17-19)16-8-11(20)18-5-3-15-4-6-18/h7,9,15-16H,3-6,8H2,1-2H3. The summed E-state index contributed by atoms with van der Waals surface area (Å²) >= 11 is 6.04. The number of hydrogen-bond donors (Lipinski definition) is 2. The molecule has 1 fully saturated rings. The zero-order chi connectivity index (χ0) is 15.4. The third kappa shape index (κ3) is 3.74. The maximum atomic E-state index is 12.0. The lowest BCUT2D eigenvalue weighted by Gasteiger charge is -2.27. The summed E-state index contributed by atoms with van der Waals surface area (Å²) in [5, 5.41) is 10.2. The van der Waals surface area contributed by atoms with Crippen LogP contribution in [0.2, 0.25) is 5.02 Å². The highest BCUT2D eigenvalue weighted by atomic mass is 35.5. The Morgan fingerprint density at radius 1 is 1.48 bits per heavy atom. The highest BCUT2D eigenvalue weighted by Crippen LogP contribution is 2.16. The van der Waals surface area contributed by atoms with Crippen molar-refractivity contribution >= 4 is 23.2 Å². The van der Waals surface area contributed by atoms with Crippen molar-refractivity contribution < 1.29 is 4.79 Å². The number of nitrogens with one attached hydrogen (secondary N) is 2. The minimum atomic E-state index is -0.355. The third-order valence-corrected chi connectivity index (χ3v) is 3.70. The average Bonchev–Trinajstić information content (AvgIpc) is 2.49. The molecule has 2 rings (SSSR count). The second-order valence-corrected chi connectivity index (χ2v) is 5.58. The molecule has 0 atom stereocenters. The van der Waals surface area contributed by atoms with E-state index in [4.69, 9.17) is 11.6 Å². The van der Waals surface area contributed by atoms with Crippen molar-refractivity contribution in [1.82, 2.24) is 20.0 Å². The molecule has 7 nitrogen and oxygen atoms in total. The molecule has 1 aromatic heterocycles. The van der Waals surface area contributed by atoms with Gasteiger partial charge in [-0.15, -0.1) is 0 Å². The van der Waals surface area contributed by atoms with E-state index in [2.05, 4.69) is 15.7 Å². The number of carbonyl (C=O) groups is 1. The molecule has 116 valence electrons. The Morgan fingerprint density at radius 2 is 2.14 bits per heavy atom. The summed E-state index contributed by atoms with van der Waals surface area (Å²) in [7, 11) is 0. The maximum Gasteiger partial charge on any atom is 0.287 e. The van der Waals surface area contributed by atoms with Crippen LogP contribution < -0.4 is 16.2 Å². The third-order valence-electron chi connectivity index (χ3n) is 3.33. The van der Waals surface area contributed by atoms with E-state index in [1.165, 1.54) is 10.9 Å². The lowest BCUT2D eigenvalue weighted by atomic mass is 10.3. The molecule has 0 aliphatic carbocycles. The second-order valence-electron chi connectivity index (χ2n) is 5.20. The fourth-order valence-electron chi connectivity index (χ4n) is 2.13. The summed E-state index contributed by atoms with van der Waals surface area (Å²) in [5.74, 6) is -0.0133. The fraction of sp³-hybridized carbons (Fsp3) is 0.615. The van der Waals surface area contributed by atoms with Gasteiger partial charge in [-0.1, -0.05) is 11.6 Å². The van der Waals surface area contributed by atoms with Crippen molar-refractivity contribution in [2.75, 3.05) is 38.0 Å². The Morgan fingerprint density at radius 3 is 2.76 bits per heavy atom. The number of carbonyl (C=O) groups excluding carboxylic acids is 1. The van der Waals surface area contributed by atoms with Gasteiger partial charge in [0.2, 0.25) is 5.91 Å². The lowest BCUT2D eigenvalue weighted by Crippen LogP contribution is -2.48. The smallest absolute Gasteiger partial charge is 0.287 e. The molecule has 0 bridgehead atoms. The number of rotatable bonds is 4. The molecule has 0 aromatic carbocycles. The predicted octanol–water partition coefficient (Wildman–Crippen LogP) is 0.321. The van der Waals surface area contributed by atoms with Gasteiger partial charge in [0, 0.05) is 26.2 Å². The molecule has 1 aliphatic rings. The Balaban J connectivity index is 2.01. The number of piperazine rings is 1. The van der Waals surface area contributed by atoms with E-state index in [0.29, 0.717) is 18.8 Å². The number of hydrogen-bond acceptors (Lipinski definition) is 5. The van der Waals surface area contributed by atoms with E-state index < -0.39 is 0 Å². The largest absolute Gasteiger partial charge is 0.373 e. The molecule has 1 aliphatic heterocycles. The molecule has 1 amide bonds. The number of amides is 1. The monoisotopic (exact) mass is 313 g/mol. The summed E-state index contributed by atoms with van der Waals surface area (Å²) in [6.45, 7) is 6.81. The summed E-state index contributed by atoms with van der Waals surface area (Å²) in [6, 6.07) is -0.0634. The molecule has 0 spiro atoms. The van der Waals surface area contributed by atoms with Crippen LogP contribution in [0.3, 0.4) is 0 Å². The molecular formula is C13H20ClN5O2. The van der Waals surface area contributed by atoms with E-state index in [-0.39, 0.29) is 29.1 Å². The van der Waals surface area contributed by atoms with Crippen LogP contribution in [0.1, 0.15) is 19.9 Å². The molecule has 1 saturated heterocycles. The van der Waals surface area contributed by atoms with Gasteiger partial charge in [0.25, 0.3) is 5.56 Å². The van der Waals surface area contributed by atoms with Crippen LogP contribution in [0.15, 0.2) is 11.0 Å².